The highest BCUT2D eigenvalue weighted by atomic mass is 32.2. The Morgan fingerprint density at radius 2 is 2.00 bits per heavy atom. The van der Waals surface area contributed by atoms with Gasteiger partial charge < -0.3 is 14.2 Å². The fourth-order valence-corrected chi connectivity index (χ4v) is 5.22. The van der Waals surface area contributed by atoms with E-state index >= 15 is 0 Å². The highest BCUT2D eigenvalue weighted by molar-refractivity contribution is 7.91. The monoisotopic (exact) mass is 402 g/mol. The van der Waals surface area contributed by atoms with Crippen LogP contribution in [0.25, 0.3) is 0 Å². The first-order valence-electron chi connectivity index (χ1n) is 8.59. The number of ether oxygens (including phenoxy) is 3. The quantitative estimate of drug-likeness (QED) is 0.703. The summed E-state index contributed by atoms with van der Waals surface area (Å²) in [6, 6.07) is 2.71. The molecule has 0 N–H and O–H groups in total. The molecule has 1 aromatic carbocycles. The first kappa shape index (κ1) is 19.9. The Labute approximate surface area is 156 Å². The second-order valence-corrected chi connectivity index (χ2v) is 8.58. The van der Waals surface area contributed by atoms with Crippen LogP contribution in [-0.2, 0) is 34.6 Å². The highest BCUT2D eigenvalue weighted by Gasteiger charge is 2.46. The summed E-state index contributed by atoms with van der Waals surface area (Å²) in [5, 5.41) is -1.18. The third kappa shape index (κ3) is 4.20. The third-order valence-electron chi connectivity index (χ3n) is 4.57. The van der Waals surface area contributed by atoms with Crippen LogP contribution in [0, 0.1) is 11.6 Å². The molecule has 148 valence electrons. The number of rotatable bonds is 5. The number of carbonyl (C=O) groups is 1. The maximum atomic E-state index is 13.9. The zero-order chi connectivity index (χ0) is 19.7. The molecule has 1 saturated heterocycles. The molecular weight excluding hydrogens is 382 g/mol. The Bertz CT molecular complexity index is 859. The number of benzene rings is 1. The number of sulfone groups is 1. The lowest BCUT2D eigenvalue weighted by Gasteiger charge is -2.33. The van der Waals surface area contributed by atoms with Crippen LogP contribution < -0.4 is 0 Å². The average molecular weight is 402 g/mol. The minimum absolute atomic E-state index is 0.0653. The van der Waals surface area contributed by atoms with Crippen molar-refractivity contribution in [3.8, 4) is 0 Å². The predicted molar refractivity (Wildman–Crippen MR) is 91.4 cm³/mol. The van der Waals surface area contributed by atoms with Gasteiger partial charge in [-0.1, -0.05) is 6.07 Å². The van der Waals surface area contributed by atoms with Gasteiger partial charge in [-0.3, -0.25) is 0 Å². The van der Waals surface area contributed by atoms with Gasteiger partial charge in [0.1, 0.15) is 11.6 Å². The molecule has 0 bridgehead atoms. The van der Waals surface area contributed by atoms with Crippen molar-refractivity contribution in [1.82, 2.24) is 0 Å². The van der Waals surface area contributed by atoms with Crippen LogP contribution in [0.1, 0.15) is 25.3 Å². The third-order valence-corrected chi connectivity index (χ3v) is 6.64. The molecule has 0 aromatic heterocycles. The Hall–Kier alpha value is -1.84. The lowest BCUT2D eigenvalue weighted by Crippen LogP contribution is -2.41. The van der Waals surface area contributed by atoms with Crippen LogP contribution >= 0.6 is 0 Å². The van der Waals surface area contributed by atoms with E-state index in [4.69, 9.17) is 14.2 Å². The first-order chi connectivity index (χ1) is 12.8. The smallest absolute Gasteiger partial charge is 0.335 e. The summed E-state index contributed by atoms with van der Waals surface area (Å²) in [5.74, 6) is -4.31. The van der Waals surface area contributed by atoms with Gasteiger partial charge >= 0.3 is 5.97 Å². The number of hydrogen-bond acceptors (Lipinski definition) is 6. The van der Waals surface area contributed by atoms with Crippen molar-refractivity contribution >= 4 is 15.8 Å². The van der Waals surface area contributed by atoms with E-state index in [1.165, 1.54) is 6.08 Å². The van der Waals surface area contributed by atoms with Gasteiger partial charge in [0.25, 0.3) is 0 Å². The fourth-order valence-electron chi connectivity index (χ4n) is 3.32. The van der Waals surface area contributed by atoms with Crippen molar-refractivity contribution in [2.24, 2.45) is 0 Å². The SMILES string of the molecule is CCOC(=O)C1=CC2(CCC1S(=O)(=O)Cc1ccc(F)cc1F)OCCO2. The first-order valence-corrected chi connectivity index (χ1v) is 10.3. The summed E-state index contributed by atoms with van der Waals surface area (Å²) in [5.41, 5.74) is -0.235. The van der Waals surface area contributed by atoms with Crippen LogP contribution in [-0.4, -0.2) is 45.2 Å². The number of hydrogen-bond donors (Lipinski definition) is 0. The molecule has 0 radical (unpaired) electrons. The van der Waals surface area contributed by atoms with Crippen LogP contribution in [0.5, 0.6) is 0 Å². The van der Waals surface area contributed by atoms with Crippen LogP contribution in [0.3, 0.4) is 0 Å². The molecule has 9 heteroatoms. The van der Waals surface area contributed by atoms with E-state index in [1.807, 2.05) is 0 Å². The molecule has 0 saturated carbocycles. The Morgan fingerprint density at radius 3 is 2.63 bits per heavy atom. The Kier molecular flexibility index (Phi) is 5.64. The van der Waals surface area contributed by atoms with Crippen LogP contribution in [0.15, 0.2) is 29.8 Å². The van der Waals surface area contributed by atoms with E-state index in [1.54, 1.807) is 6.92 Å². The molecule has 3 rings (SSSR count). The summed E-state index contributed by atoms with van der Waals surface area (Å²) < 4.78 is 68.9. The maximum Gasteiger partial charge on any atom is 0.335 e. The van der Waals surface area contributed by atoms with E-state index in [0.717, 1.165) is 12.1 Å². The van der Waals surface area contributed by atoms with Crippen molar-refractivity contribution in [3.63, 3.8) is 0 Å². The van der Waals surface area contributed by atoms with Crippen LogP contribution in [0.4, 0.5) is 8.78 Å². The van der Waals surface area contributed by atoms with Crippen molar-refractivity contribution < 1.29 is 36.2 Å². The van der Waals surface area contributed by atoms with E-state index < -0.39 is 44.2 Å². The Balaban J connectivity index is 1.93. The van der Waals surface area contributed by atoms with Gasteiger partial charge in [-0.05, 0) is 25.5 Å². The maximum absolute atomic E-state index is 13.9. The summed E-state index contributed by atoms with van der Waals surface area (Å²) in [6.07, 6.45) is 1.67. The lowest BCUT2D eigenvalue weighted by atomic mass is 9.94. The van der Waals surface area contributed by atoms with Gasteiger partial charge in [0.15, 0.2) is 15.6 Å². The molecule has 0 amide bonds. The number of esters is 1. The Morgan fingerprint density at radius 1 is 1.30 bits per heavy atom. The molecule has 1 fully saturated rings. The molecule has 1 aliphatic carbocycles. The van der Waals surface area contributed by atoms with Gasteiger partial charge in [0.2, 0.25) is 0 Å². The molecule has 6 nitrogen and oxygen atoms in total. The minimum atomic E-state index is -3.97. The standard InChI is InChI=1S/C18H20F2O6S/c1-2-24-17(21)14-10-18(25-7-8-26-18)6-5-16(14)27(22,23)11-12-3-4-13(19)9-15(12)20/h3-4,9-10,16H,2,5-8,11H2,1H3. The van der Waals surface area contributed by atoms with Crippen molar-refractivity contribution in [2.75, 3.05) is 19.8 Å². The molecule has 1 unspecified atom stereocenters. The van der Waals surface area contributed by atoms with E-state index in [0.29, 0.717) is 19.3 Å². The minimum Gasteiger partial charge on any atom is -0.463 e. The highest BCUT2D eigenvalue weighted by Crippen LogP contribution is 2.38. The summed E-state index contributed by atoms with van der Waals surface area (Å²) in [6.45, 7) is 2.36. The van der Waals surface area contributed by atoms with Gasteiger partial charge in [0.05, 0.1) is 36.4 Å². The average Bonchev–Trinajstić information content (AvgIpc) is 3.05. The van der Waals surface area contributed by atoms with E-state index in [9.17, 15) is 22.0 Å². The predicted octanol–water partition coefficient (Wildman–Crippen LogP) is 2.27. The fraction of sp³-hybridized carbons (Fsp3) is 0.500. The summed E-state index contributed by atoms with van der Waals surface area (Å²) >= 11 is 0. The molecule has 1 heterocycles. The number of carbonyl (C=O) groups excluding carboxylic acids is 1. The zero-order valence-electron chi connectivity index (χ0n) is 14.7. The van der Waals surface area contributed by atoms with E-state index in [-0.39, 0.29) is 30.6 Å². The molecule has 1 spiro atoms. The molecule has 1 aliphatic heterocycles. The second-order valence-electron chi connectivity index (χ2n) is 6.40. The second kappa shape index (κ2) is 7.65. The summed E-state index contributed by atoms with van der Waals surface area (Å²) in [4.78, 5) is 12.4. The van der Waals surface area contributed by atoms with Gasteiger partial charge in [0, 0.05) is 18.1 Å². The van der Waals surface area contributed by atoms with Crippen LogP contribution in [0.2, 0.25) is 0 Å². The molecule has 27 heavy (non-hydrogen) atoms. The van der Waals surface area contributed by atoms with Crippen molar-refractivity contribution in [3.05, 3.63) is 47.0 Å². The van der Waals surface area contributed by atoms with E-state index in [2.05, 4.69) is 0 Å². The lowest BCUT2D eigenvalue weighted by molar-refractivity contribution is -0.143. The van der Waals surface area contributed by atoms with Gasteiger partial charge in [-0.15, -0.1) is 0 Å². The van der Waals surface area contributed by atoms with Crippen molar-refractivity contribution in [2.45, 2.75) is 36.6 Å². The largest absolute Gasteiger partial charge is 0.463 e. The van der Waals surface area contributed by atoms with Gasteiger partial charge in [-0.25, -0.2) is 22.0 Å². The summed E-state index contributed by atoms with van der Waals surface area (Å²) in [7, 11) is -3.97. The zero-order valence-corrected chi connectivity index (χ0v) is 15.6. The topological polar surface area (TPSA) is 78.9 Å². The normalized spacial score (nSPS) is 21.9. The van der Waals surface area contributed by atoms with Gasteiger partial charge in [-0.2, -0.15) is 0 Å². The molecule has 1 aromatic rings. The van der Waals surface area contributed by atoms with Crippen molar-refractivity contribution in [1.29, 1.82) is 0 Å². The molecule has 2 aliphatic rings. The number of halogens is 2. The molecule has 1 atom stereocenters. The molecular formula is C18H20F2O6S.